The third kappa shape index (κ3) is 7.13. The van der Waals surface area contributed by atoms with Gasteiger partial charge in [-0.15, -0.1) is 0 Å². The molecule has 0 radical (unpaired) electrons. The lowest BCUT2D eigenvalue weighted by molar-refractivity contribution is -0.137. The molecule has 0 aromatic carbocycles. The van der Waals surface area contributed by atoms with Crippen molar-refractivity contribution in [1.29, 1.82) is 0 Å². The molecule has 28 heavy (non-hydrogen) atoms. The Kier molecular flexibility index (Phi) is 9.18. The van der Waals surface area contributed by atoms with Crippen molar-refractivity contribution in [2.24, 2.45) is 0 Å². The van der Waals surface area contributed by atoms with Crippen LogP contribution in [0.4, 0.5) is 0 Å². The Labute approximate surface area is 166 Å². The Morgan fingerprint density at radius 3 is 2.36 bits per heavy atom. The molecule has 0 aliphatic rings. The minimum absolute atomic E-state index is 0.0990. The Hall–Kier alpha value is -2.70. The van der Waals surface area contributed by atoms with Crippen LogP contribution in [0.1, 0.15) is 73.8 Å². The van der Waals surface area contributed by atoms with E-state index in [1.54, 1.807) is 17.1 Å². The molecule has 2 aromatic heterocycles. The van der Waals surface area contributed by atoms with Gasteiger partial charge in [-0.25, -0.2) is 9.67 Å². The van der Waals surface area contributed by atoms with E-state index in [0.717, 1.165) is 57.1 Å². The number of carbonyl (C=O) groups is 2. The molecule has 152 valence electrons. The minimum Gasteiger partial charge on any atom is -0.481 e. The van der Waals surface area contributed by atoms with Gasteiger partial charge in [0, 0.05) is 19.2 Å². The van der Waals surface area contributed by atoms with Crippen molar-refractivity contribution in [1.82, 2.24) is 20.1 Å². The Balaban J connectivity index is 1.58. The van der Waals surface area contributed by atoms with Gasteiger partial charge in [0.25, 0.3) is 5.91 Å². The van der Waals surface area contributed by atoms with E-state index in [-0.39, 0.29) is 12.3 Å². The predicted molar refractivity (Wildman–Crippen MR) is 108 cm³/mol. The van der Waals surface area contributed by atoms with E-state index in [2.05, 4.69) is 15.4 Å². The zero-order chi connectivity index (χ0) is 20.2. The summed E-state index contributed by atoms with van der Waals surface area (Å²) in [5, 5.41) is 15.8. The van der Waals surface area contributed by atoms with Crippen molar-refractivity contribution in [3.8, 4) is 5.82 Å². The first-order valence-electron chi connectivity index (χ1n) is 10.1. The smallest absolute Gasteiger partial charge is 0.303 e. The molecule has 0 fully saturated rings. The highest BCUT2D eigenvalue weighted by atomic mass is 16.4. The molecule has 0 bridgehead atoms. The number of carbonyl (C=O) groups excluding carboxylic acids is 1. The summed E-state index contributed by atoms with van der Waals surface area (Å²) in [4.78, 5) is 27.0. The molecular formula is C21H30N4O3. The quantitative estimate of drug-likeness (QED) is 0.509. The monoisotopic (exact) mass is 386 g/mol. The lowest BCUT2D eigenvalue weighted by atomic mass is 10.1. The number of nitrogens with zero attached hydrogens (tertiary/aromatic N) is 3. The normalized spacial score (nSPS) is 10.8. The van der Waals surface area contributed by atoms with Gasteiger partial charge in [-0.05, 0) is 31.9 Å². The number of unbranched alkanes of at least 4 members (excludes halogenated alkanes) is 7. The average molecular weight is 386 g/mol. The van der Waals surface area contributed by atoms with Gasteiger partial charge in [-0.3, -0.25) is 9.59 Å². The number of pyridine rings is 1. The van der Waals surface area contributed by atoms with Crippen LogP contribution in [0, 0.1) is 6.92 Å². The molecule has 0 spiro atoms. The van der Waals surface area contributed by atoms with Gasteiger partial charge in [0.1, 0.15) is 0 Å². The van der Waals surface area contributed by atoms with E-state index in [4.69, 9.17) is 5.11 Å². The second kappa shape index (κ2) is 11.9. The van der Waals surface area contributed by atoms with E-state index in [9.17, 15) is 9.59 Å². The molecule has 0 saturated carbocycles. The van der Waals surface area contributed by atoms with Gasteiger partial charge in [0.05, 0.1) is 17.5 Å². The molecule has 2 rings (SSSR count). The summed E-state index contributed by atoms with van der Waals surface area (Å²) in [7, 11) is 0. The van der Waals surface area contributed by atoms with E-state index >= 15 is 0 Å². The first-order valence-corrected chi connectivity index (χ1v) is 10.1. The molecule has 2 heterocycles. The summed E-state index contributed by atoms with van der Waals surface area (Å²) in [5.74, 6) is -0.110. The topological polar surface area (TPSA) is 97.1 Å². The lowest BCUT2D eigenvalue weighted by Gasteiger charge is -2.06. The standard InChI is InChI=1S/C21H30N4O3/c1-17-18(16-24-25(17)19-12-9-11-14-22-19)21(28)23-15-10-7-5-3-2-4-6-8-13-20(26)27/h9,11-12,14,16H,2-8,10,13,15H2,1H3,(H,23,28)(H,26,27). The SMILES string of the molecule is Cc1c(C(=O)NCCCCCCCCCCC(=O)O)cnn1-c1ccccn1. The maximum absolute atomic E-state index is 12.4. The summed E-state index contributed by atoms with van der Waals surface area (Å²) in [6.07, 6.45) is 11.9. The second-order valence-electron chi connectivity index (χ2n) is 6.97. The fraction of sp³-hybridized carbons (Fsp3) is 0.524. The number of aromatic nitrogens is 3. The third-order valence-electron chi connectivity index (χ3n) is 4.72. The summed E-state index contributed by atoms with van der Waals surface area (Å²) in [5.41, 5.74) is 1.35. The molecule has 7 heteroatoms. The van der Waals surface area contributed by atoms with Crippen LogP contribution in [0.3, 0.4) is 0 Å². The van der Waals surface area contributed by atoms with Crippen molar-refractivity contribution in [2.75, 3.05) is 6.54 Å². The second-order valence-corrected chi connectivity index (χ2v) is 6.97. The van der Waals surface area contributed by atoms with Gasteiger partial charge >= 0.3 is 5.97 Å². The number of aliphatic carboxylic acids is 1. The summed E-state index contributed by atoms with van der Waals surface area (Å²) < 4.78 is 1.67. The fourth-order valence-corrected chi connectivity index (χ4v) is 3.10. The summed E-state index contributed by atoms with van der Waals surface area (Å²) in [6.45, 7) is 2.53. The highest BCUT2D eigenvalue weighted by Gasteiger charge is 2.15. The lowest BCUT2D eigenvalue weighted by Crippen LogP contribution is -2.24. The molecule has 2 N–H and O–H groups in total. The highest BCUT2D eigenvalue weighted by molar-refractivity contribution is 5.95. The van der Waals surface area contributed by atoms with Crippen molar-refractivity contribution < 1.29 is 14.7 Å². The van der Waals surface area contributed by atoms with Crippen LogP contribution < -0.4 is 5.32 Å². The van der Waals surface area contributed by atoms with Crippen LogP contribution in [-0.4, -0.2) is 38.3 Å². The van der Waals surface area contributed by atoms with Crippen molar-refractivity contribution in [3.63, 3.8) is 0 Å². The number of amides is 1. The fourth-order valence-electron chi connectivity index (χ4n) is 3.10. The van der Waals surface area contributed by atoms with Crippen LogP contribution >= 0.6 is 0 Å². The first kappa shape index (κ1) is 21.6. The molecule has 2 aromatic rings. The van der Waals surface area contributed by atoms with E-state index in [1.807, 2.05) is 25.1 Å². The molecule has 1 amide bonds. The summed E-state index contributed by atoms with van der Waals surface area (Å²) in [6, 6.07) is 5.59. The molecule has 0 aliphatic heterocycles. The Bertz CT molecular complexity index is 743. The van der Waals surface area contributed by atoms with Crippen LogP contribution in [0.15, 0.2) is 30.6 Å². The molecular weight excluding hydrogens is 356 g/mol. The van der Waals surface area contributed by atoms with Crippen molar-refractivity contribution in [3.05, 3.63) is 41.9 Å². The van der Waals surface area contributed by atoms with Gasteiger partial charge in [-0.1, -0.05) is 44.6 Å². The van der Waals surface area contributed by atoms with E-state index in [0.29, 0.717) is 17.9 Å². The van der Waals surface area contributed by atoms with Crippen LogP contribution in [-0.2, 0) is 4.79 Å². The van der Waals surface area contributed by atoms with E-state index in [1.165, 1.54) is 0 Å². The van der Waals surface area contributed by atoms with Gasteiger partial charge in [-0.2, -0.15) is 5.10 Å². The maximum Gasteiger partial charge on any atom is 0.303 e. The third-order valence-corrected chi connectivity index (χ3v) is 4.72. The molecule has 0 aliphatic carbocycles. The van der Waals surface area contributed by atoms with E-state index < -0.39 is 5.97 Å². The first-order chi connectivity index (χ1) is 13.6. The van der Waals surface area contributed by atoms with Crippen molar-refractivity contribution >= 4 is 11.9 Å². The van der Waals surface area contributed by atoms with Gasteiger partial charge in [0.2, 0.25) is 0 Å². The maximum atomic E-state index is 12.4. The van der Waals surface area contributed by atoms with Crippen LogP contribution in [0.2, 0.25) is 0 Å². The number of nitrogens with one attached hydrogen (secondary N) is 1. The van der Waals surface area contributed by atoms with Crippen molar-refractivity contribution in [2.45, 2.75) is 64.7 Å². The van der Waals surface area contributed by atoms with Crippen LogP contribution in [0.5, 0.6) is 0 Å². The Morgan fingerprint density at radius 1 is 1.04 bits per heavy atom. The molecule has 0 saturated heterocycles. The summed E-state index contributed by atoms with van der Waals surface area (Å²) >= 11 is 0. The zero-order valence-corrected chi connectivity index (χ0v) is 16.6. The number of carboxylic acids is 1. The van der Waals surface area contributed by atoms with Gasteiger partial charge < -0.3 is 10.4 Å². The minimum atomic E-state index is -0.707. The van der Waals surface area contributed by atoms with Gasteiger partial charge in [0.15, 0.2) is 5.82 Å². The zero-order valence-electron chi connectivity index (χ0n) is 16.6. The number of hydrogen-bond acceptors (Lipinski definition) is 4. The van der Waals surface area contributed by atoms with Crippen LogP contribution in [0.25, 0.3) is 5.82 Å². The number of rotatable bonds is 13. The highest BCUT2D eigenvalue weighted by Crippen LogP contribution is 2.12. The number of carboxylic acid groups (broad SMARTS) is 1. The predicted octanol–water partition coefficient (Wildman–Crippen LogP) is 3.90. The number of hydrogen-bond donors (Lipinski definition) is 2. The molecule has 0 atom stereocenters. The Morgan fingerprint density at radius 2 is 1.71 bits per heavy atom. The molecule has 0 unspecified atom stereocenters. The average Bonchev–Trinajstić information content (AvgIpc) is 3.08. The largest absolute Gasteiger partial charge is 0.481 e. The molecule has 7 nitrogen and oxygen atoms in total.